The second kappa shape index (κ2) is 14.9. The average molecular weight is 642 g/mol. The number of hydrogen-bond donors (Lipinski definition) is 4. The number of aromatic nitrogens is 2. The van der Waals surface area contributed by atoms with Crippen LogP contribution in [0.25, 0.3) is 21.7 Å². The molecule has 1 fully saturated rings. The second-order valence-corrected chi connectivity index (χ2v) is 12.1. The summed E-state index contributed by atoms with van der Waals surface area (Å²) >= 11 is 0. The highest BCUT2D eigenvalue weighted by molar-refractivity contribution is 6.05. The number of ketones is 1. The van der Waals surface area contributed by atoms with Crippen LogP contribution in [0.3, 0.4) is 0 Å². The van der Waals surface area contributed by atoms with Crippen LogP contribution in [0.15, 0.2) is 60.9 Å². The summed E-state index contributed by atoms with van der Waals surface area (Å²) in [7, 11) is 1.54. The van der Waals surface area contributed by atoms with E-state index in [1.165, 1.54) is 6.20 Å². The Labute approximate surface area is 272 Å². The number of carbonyl (C=O) groups excluding carboxylic acids is 5. The van der Waals surface area contributed by atoms with Crippen LogP contribution in [0.4, 0.5) is 0 Å². The van der Waals surface area contributed by atoms with Crippen molar-refractivity contribution in [2.75, 3.05) is 20.3 Å². The summed E-state index contributed by atoms with van der Waals surface area (Å²) in [5.41, 5.74) is 1.15. The molecule has 4 aromatic rings. The van der Waals surface area contributed by atoms with E-state index >= 15 is 0 Å². The summed E-state index contributed by atoms with van der Waals surface area (Å²) in [6.45, 7) is 3.74. The molecule has 0 spiro atoms. The van der Waals surface area contributed by atoms with Gasteiger partial charge in [-0.1, -0.05) is 44.2 Å². The van der Waals surface area contributed by atoms with Gasteiger partial charge in [-0.05, 0) is 55.2 Å². The van der Waals surface area contributed by atoms with Crippen molar-refractivity contribution in [2.24, 2.45) is 11.8 Å². The van der Waals surface area contributed by atoms with Gasteiger partial charge in [0, 0.05) is 41.1 Å². The maximum atomic E-state index is 13.7. The first-order chi connectivity index (χ1) is 22.6. The molecule has 2 aromatic carbocycles. The molecule has 0 saturated carbocycles. The molecule has 246 valence electrons. The lowest BCUT2D eigenvalue weighted by molar-refractivity contribution is -0.133. The fourth-order valence-corrected chi connectivity index (χ4v) is 5.85. The summed E-state index contributed by atoms with van der Waals surface area (Å²) in [5, 5.41) is 10.5. The lowest BCUT2D eigenvalue weighted by Gasteiger charge is -2.28. The molecule has 0 unspecified atom stereocenters. The zero-order chi connectivity index (χ0) is 33.5. The number of methoxy groups -OCH3 is 1. The number of ether oxygens (including phenoxy) is 2. The quantitative estimate of drug-likeness (QED) is 0.160. The van der Waals surface area contributed by atoms with Crippen LogP contribution in [0, 0.1) is 11.8 Å². The molecule has 3 heterocycles. The molecule has 12 nitrogen and oxygen atoms in total. The minimum atomic E-state index is -1.14. The van der Waals surface area contributed by atoms with Crippen LogP contribution in [0.2, 0.25) is 0 Å². The summed E-state index contributed by atoms with van der Waals surface area (Å²) < 4.78 is 10.8. The molecular weight excluding hydrogens is 602 g/mol. The van der Waals surface area contributed by atoms with E-state index in [4.69, 9.17) is 9.47 Å². The number of aromatic amines is 1. The van der Waals surface area contributed by atoms with Crippen molar-refractivity contribution in [1.29, 1.82) is 0 Å². The van der Waals surface area contributed by atoms with Gasteiger partial charge >= 0.3 is 5.97 Å². The number of hydrogen-bond acceptors (Lipinski definition) is 8. The predicted octanol–water partition coefficient (Wildman–Crippen LogP) is 3.70. The van der Waals surface area contributed by atoms with Gasteiger partial charge in [-0.3, -0.25) is 24.2 Å². The van der Waals surface area contributed by atoms with E-state index in [0.717, 1.165) is 17.2 Å². The fourth-order valence-electron chi connectivity index (χ4n) is 5.85. The van der Waals surface area contributed by atoms with E-state index in [1.807, 2.05) is 32.0 Å². The van der Waals surface area contributed by atoms with Gasteiger partial charge in [-0.25, -0.2) is 4.79 Å². The zero-order valence-corrected chi connectivity index (χ0v) is 26.6. The van der Waals surface area contributed by atoms with Crippen molar-refractivity contribution in [3.8, 4) is 5.75 Å². The Morgan fingerprint density at radius 2 is 1.81 bits per heavy atom. The maximum Gasteiger partial charge on any atom is 0.340 e. The Morgan fingerprint density at radius 1 is 1.00 bits per heavy atom. The third-order valence-electron chi connectivity index (χ3n) is 8.28. The molecule has 1 aliphatic rings. The fraction of sp³-hybridized carbons (Fsp3) is 0.371. The number of carbonyl (C=O) groups is 5. The van der Waals surface area contributed by atoms with Crippen molar-refractivity contribution in [3.63, 3.8) is 0 Å². The van der Waals surface area contributed by atoms with Gasteiger partial charge in [-0.15, -0.1) is 0 Å². The number of rotatable bonds is 13. The van der Waals surface area contributed by atoms with Crippen molar-refractivity contribution < 1.29 is 33.4 Å². The summed E-state index contributed by atoms with van der Waals surface area (Å²) in [6, 6.07) is 12.1. The molecule has 1 aliphatic heterocycles. The molecule has 47 heavy (non-hydrogen) atoms. The molecule has 3 atom stereocenters. The smallest absolute Gasteiger partial charge is 0.340 e. The number of Topliss-reactive ketones (excluding diaryl/α,β-unsaturated/α-hetero) is 1. The van der Waals surface area contributed by atoms with Crippen LogP contribution < -0.4 is 20.7 Å². The number of esters is 1. The van der Waals surface area contributed by atoms with E-state index in [2.05, 4.69) is 25.9 Å². The molecule has 4 N–H and O–H groups in total. The first-order valence-corrected chi connectivity index (χ1v) is 15.7. The van der Waals surface area contributed by atoms with E-state index < -0.39 is 48.2 Å². The van der Waals surface area contributed by atoms with Crippen LogP contribution in [-0.4, -0.2) is 71.8 Å². The van der Waals surface area contributed by atoms with Gasteiger partial charge in [0.25, 0.3) is 5.91 Å². The number of benzene rings is 2. The number of piperidine rings is 1. The number of nitrogens with zero attached hydrogens (tertiary/aromatic N) is 1. The normalized spacial score (nSPS) is 15.9. The highest BCUT2D eigenvalue weighted by Gasteiger charge is 2.33. The molecule has 0 radical (unpaired) electrons. The Kier molecular flexibility index (Phi) is 10.5. The van der Waals surface area contributed by atoms with E-state index in [9.17, 15) is 24.0 Å². The Morgan fingerprint density at radius 3 is 2.57 bits per heavy atom. The SMILES string of the molecule is COc1cccc2[nH]c(C(=O)N[C@@H](CC(C)C)C(=O)N[C@@H](C[C@@H]3CCCNC3=O)C(=O)COC(=O)c3cncc4ccccc34)cc12. The molecule has 5 rings (SSSR count). The van der Waals surface area contributed by atoms with Crippen LogP contribution in [0.1, 0.15) is 60.4 Å². The highest BCUT2D eigenvalue weighted by atomic mass is 16.5. The topological polar surface area (TPSA) is 169 Å². The summed E-state index contributed by atoms with van der Waals surface area (Å²) in [6.07, 6.45) is 4.59. The van der Waals surface area contributed by atoms with Gasteiger partial charge in [0.15, 0.2) is 12.4 Å². The first kappa shape index (κ1) is 33.1. The number of nitrogens with one attached hydrogen (secondary N) is 4. The Balaban J connectivity index is 1.32. The number of amides is 3. The van der Waals surface area contributed by atoms with Gasteiger partial charge in [0.05, 0.1) is 18.7 Å². The van der Waals surface area contributed by atoms with Crippen molar-refractivity contribution >= 4 is 51.1 Å². The molecule has 12 heteroatoms. The average Bonchev–Trinajstić information content (AvgIpc) is 3.52. The highest BCUT2D eigenvalue weighted by Crippen LogP contribution is 2.26. The number of pyridine rings is 1. The summed E-state index contributed by atoms with van der Waals surface area (Å²) in [4.78, 5) is 73.4. The molecule has 3 amide bonds. The van der Waals surface area contributed by atoms with E-state index in [1.54, 1.807) is 43.6 Å². The van der Waals surface area contributed by atoms with Crippen molar-refractivity contribution in [3.05, 3.63) is 72.2 Å². The van der Waals surface area contributed by atoms with Gasteiger partial charge < -0.3 is 30.4 Å². The van der Waals surface area contributed by atoms with Gasteiger partial charge in [0.2, 0.25) is 11.8 Å². The standard InChI is InChI=1S/C35H39N5O7/c1-20(2)14-28(40-34(44)29-16-24-26(38-29)11-6-12-31(24)46-3)33(43)39-27(15-21-9-7-13-37-32(21)42)30(41)19-47-35(45)25-18-36-17-22-8-4-5-10-23(22)25/h4-6,8,10-12,16-18,20-21,27-28,38H,7,9,13-15,19H2,1-3H3,(H,37,42)(H,39,43)(H,40,44)/t21-,27-,28-/m0/s1. The minimum Gasteiger partial charge on any atom is -0.496 e. The van der Waals surface area contributed by atoms with Crippen molar-refractivity contribution in [1.82, 2.24) is 25.9 Å². The van der Waals surface area contributed by atoms with Crippen LogP contribution in [0.5, 0.6) is 5.75 Å². The summed E-state index contributed by atoms with van der Waals surface area (Å²) in [5.74, 6) is -2.50. The molecular formula is C35H39N5O7. The predicted molar refractivity (Wildman–Crippen MR) is 175 cm³/mol. The van der Waals surface area contributed by atoms with E-state index in [-0.39, 0.29) is 35.9 Å². The third-order valence-corrected chi connectivity index (χ3v) is 8.28. The molecule has 0 aliphatic carbocycles. The van der Waals surface area contributed by atoms with E-state index in [0.29, 0.717) is 29.6 Å². The van der Waals surface area contributed by atoms with Gasteiger partial charge in [-0.2, -0.15) is 0 Å². The Bertz CT molecular complexity index is 1790. The number of fused-ring (bicyclic) bond motifs is 2. The third kappa shape index (κ3) is 7.94. The van der Waals surface area contributed by atoms with Crippen LogP contribution >= 0.6 is 0 Å². The van der Waals surface area contributed by atoms with Crippen molar-refractivity contribution in [2.45, 2.75) is 51.6 Å². The lowest BCUT2D eigenvalue weighted by Crippen LogP contribution is -2.54. The van der Waals surface area contributed by atoms with Gasteiger partial charge in [0.1, 0.15) is 17.5 Å². The molecule has 0 bridgehead atoms. The second-order valence-electron chi connectivity index (χ2n) is 12.1. The molecule has 1 saturated heterocycles. The largest absolute Gasteiger partial charge is 0.496 e. The van der Waals surface area contributed by atoms with Crippen LogP contribution in [-0.2, 0) is 19.1 Å². The molecule has 2 aromatic heterocycles. The first-order valence-electron chi connectivity index (χ1n) is 15.7. The lowest BCUT2D eigenvalue weighted by atomic mass is 9.90. The minimum absolute atomic E-state index is 0.0161. The maximum absolute atomic E-state index is 13.7. The number of H-pyrrole nitrogens is 1. The Hall–Kier alpha value is -5.26. The zero-order valence-electron chi connectivity index (χ0n) is 26.6. The monoisotopic (exact) mass is 641 g/mol.